The third kappa shape index (κ3) is 5.22. The van der Waals surface area contributed by atoms with Gasteiger partial charge in [0.15, 0.2) is 0 Å². The minimum atomic E-state index is -0.626. The van der Waals surface area contributed by atoms with E-state index in [0.29, 0.717) is 17.1 Å². The van der Waals surface area contributed by atoms with Crippen LogP contribution in [0.1, 0.15) is 10.6 Å². The molecule has 3 amide bonds. The molecule has 3 rings (SSSR count). The summed E-state index contributed by atoms with van der Waals surface area (Å²) in [6.07, 6.45) is 1.15. The minimum Gasteiger partial charge on any atom is -0.424 e. The molecule has 0 aliphatic rings. The van der Waals surface area contributed by atoms with E-state index in [1.807, 2.05) is 18.2 Å². The average molecular weight is 380 g/mol. The summed E-state index contributed by atoms with van der Waals surface area (Å²) in [7, 11) is 1.30. The number of nitrogens with one attached hydrogen (secondary N) is 3. The van der Waals surface area contributed by atoms with Gasteiger partial charge in [-0.2, -0.15) is 9.97 Å². The van der Waals surface area contributed by atoms with Crippen molar-refractivity contribution >= 4 is 23.3 Å². The first-order chi connectivity index (χ1) is 13.6. The first-order valence-corrected chi connectivity index (χ1v) is 8.07. The lowest BCUT2D eigenvalue weighted by molar-refractivity contribution is 0.0525. The fraction of sp³-hybridized carbons (Fsp3) is 0.0556. The van der Waals surface area contributed by atoms with Gasteiger partial charge in [-0.05, 0) is 36.4 Å². The molecule has 0 saturated heterocycles. The second kappa shape index (κ2) is 9.05. The number of anilines is 2. The highest BCUT2D eigenvalue weighted by atomic mass is 16.6. The van der Waals surface area contributed by atoms with Crippen molar-refractivity contribution in [3.63, 3.8) is 0 Å². The number of amides is 3. The Morgan fingerprint density at radius 2 is 1.57 bits per heavy atom. The number of aromatic nitrogens is 3. The molecular weight excluding hydrogens is 364 g/mol. The normalized spacial score (nSPS) is 10.0. The van der Waals surface area contributed by atoms with Crippen molar-refractivity contribution in [2.75, 3.05) is 17.7 Å². The van der Waals surface area contributed by atoms with Crippen LogP contribution < -0.4 is 20.9 Å². The van der Waals surface area contributed by atoms with Gasteiger partial charge in [-0.25, -0.2) is 15.3 Å². The van der Waals surface area contributed by atoms with Gasteiger partial charge in [-0.1, -0.05) is 18.2 Å². The number of carbonyl (C=O) groups is 2. The Kier molecular flexibility index (Phi) is 6.06. The molecule has 10 heteroatoms. The topological polar surface area (TPSA) is 127 Å². The van der Waals surface area contributed by atoms with Crippen LogP contribution in [0.5, 0.6) is 11.8 Å². The van der Waals surface area contributed by atoms with Crippen LogP contribution in [0.3, 0.4) is 0 Å². The number of urea groups is 1. The monoisotopic (exact) mass is 380 g/mol. The van der Waals surface area contributed by atoms with E-state index in [1.54, 1.807) is 36.4 Å². The third-order valence-corrected chi connectivity index (χ3v) is 3.30. The number of rotatable bonds is 6. The molecule has 2 aromatic carbocycles. The molecule has 28 heavy (non-hydrogen) atoms. The SMILES string of the molecule is CONC(=O)c1ncnc(Oc2ccc(NC(=O)Nc3ccccc3)cc2)n1. The predicted molar refractivity (Wildman–Crippen MR) is 99.9 cm³/mol. The zero-order valence-electron chi connectivity index (χ0n) is 14.7. The molecule has 0 bridgehead atoms. The van der Waals surface area contributed by atoms with Crippen molar-refractivity contribution in [3.05, 3.63) is 66.7 Å². The van der Waals surface area contributed by atoms with Crippen molar-refractivity contribution in [3.8, 4) is 11.8 Å². The molecule has 0 saturated carbocycles. The van der Waals surface area contributed by atoms with E-state index in [1.165, 1.54) is 7.11 Å². The third-order valence-electron chi connectivity index (χ3n) is 3.30. The van der Waals surface area contributed by atoms with Crippen LogP contribution in [0.25, 0.3) is 0 Å². The van der Waals surface area contributed by atoms with E-state index in [2.05, 4.69) is 35.9 Å². The molecular formula is C18H16N6O4. The van der Waals surface area contributed by atoms with Crippen molar-refractivity contribution < 1.29 is 19.2 Å². The van der Waals surface area contributed by atoms with Crippen molar-refractivity contribution in [1.29, 1.82) is 0 Å². The summed E-state index contributed by atoms with van der Waals surface area (Å²) in [5.41, 5.74) is 3.35. The van der Waals surface area contributed by atoms with E-state index in [0.717, 1.165) is 6.33 Å². The van der Waals surface area contributed by atoms with Gasteiger partial charge in [0, 0.05) is 11.4 Å². The largest absolute Gasteiger partial charge is 0.424 e. The van der Waals surface area contributed by atoms with Gasteiger partial charge in [0.1, 0.15) is 12.1 Å². The zero-order chi connectivity index (χ0) is 19.8. The number of hydroxylamine groups is 1. The van der Waals surface area contributed by atoms with Crippen LogP contribution in [0, 0.1) is 0 Å². The second-order valence-corrected chi connectivity index (χ2v) is 5.30. The Bertz CT molecular complexity index is 950. The summed E-state index contributed by atoms with van der Waals surface area (Å²) in [4.78, 5) is 39.6. The molecule has 1 heterocycles. The number of benzene rings is 2. The van der Waals surface area contributed by atoms with Crippen LogP contribution in [0.4, 0.5) is 16.2 Å². The standard InChI is InChI=1S/C18H16N6O4/c1-27-24-16(25)15-19-11-20-18(23-15)28-14-9-7-13(8-10-14)22-17(26)21-12-5-3-2-4-6-12/h2-11H,1H3,(H,24,25)(H2,21,22,26). The highest BCUT2D eigenvalue weighted by Crippen LogP contribution is 2.20. The number of para-hydroxylation sites is 1. The average Bonchev–Trinajstić information content (AvgIpc) is 2.70. The number of ether oxygens (including phenoxy) is 1. The van der Waals surface area contributed by atoms with E-state index in [9.17, 15) is 9.59 Å². The van der Waals surface area contributed by atoms with Gasteiger partial charge < -0.3 is 15.4 Å². The highest BCUT2D eigenvalue weighted by Gasteiger charge is 2.11. The molecule has 0 fully saturated rings. The quantitative estimate of drug-likeness (QED) is 0.561. The van der Waals surface area contributed by atoms with Gasteiger partial charge in [0.2, 0.25) is 5.82 Å². The van der Waals surface area contributed by atoms with E-state index >= 15 is 0 Å². The van der Waals surface area contributed by atoms with Gasteiger partial charge in [0.05, 0.1) is 7.11 Å². The van der Waals surface area contributed by atoms with Gasteiger partial charge in [-0.3, -0.25) is 9.63 Å². The van der Waals surface area contributed by atoms with Crippen molar-refractivity contribution in [2.24, 2.45) is 0 Å². The molecule has 0 aliphatic carbocycles. The Hall–Kier alpha value is -4.05. The van der Waals surface area contributed by atoms with E-state index in [4.69, 9.17) is 4.74 Å². The van der Waals surface area contributed by atoms with E-state index < -0.39 is 5.91 Å². The van der Waals surface area contributed by atoms with Crippen LogP contribution in [-0.2, 0) is 4.84 Å². The second-order valence-electron chi connectivity index (χ2n) is 5.30. The minimum absolute atomic E-state index is 0.0567. The zero-order valence-corrected chi connectivity index (χ0v) is 14.7. The molecule has 142 valence electrons. The molecule has 0 spiro atoms. The Labute approximate surface area is 159 Å². The summed E-state index contributed by atoms with van der Waals surface area (Å²) < 4.78 is 5.49. The summed E-state index contributed by atoms with van der Waals surface area (Å²) in [6, 6.07) is 15.2. The molecule has 1 aromatic heterocycles. The molecule has 10 nitrogen and oxygen atoms in total. The lowest BCUT2D eigenvalue weighted by atomic mass is 10.3. The first-order valence-electron chi connectivity index (χ1n) is 8.07. The maximum Gasteiger partial charge on any atom is 0.325 e. The Morgan fingerprint density at radius 1 is 0.893 bits per heavy atom. The molecule has 3 aromatic rings. The van der Waals surface area contributed by atoms with Crippen LogP contribution in [0.2, 0.25) is 0 Å². The lowest BCUT2D eigenvalue weighted by Crippen LogP contribution is -2.24. The summed E-state index contributed by atoms with van der Waals surface area (Å²) in [5, 5.41) is 5.42. The van der Waals surface area contributed by atoms with Crippen molar-refractivity contribution in [1.82, 2.24) is 20.4 Å². The van der Waals surface area contributed by atoms with Gasteiger partial charge >= 0.3 is 17.9 Å². The van der Waals surface area contributed by atoms with E-state index in [-0.39, 0.29) is 17.9 Å². The van der Waals surface area contributed by atoms with Crippen LogP contribution in [-0.4, -0.2) is 34.0 Å². The Morgan fingerprint density at radius 3 is 2.25 bits per heavy atom. The smallest absolute Gasteiger partial charge is 0.325 e. The fourth-order valence-corrected chi connectivity index (χ4v) is 2.10. The number of hydrogen-bond acceptors (Lipinski definition) is 7. The number of nitrogens with zero attached hydrogens (tertiary/aromatic N) is 3. The van der Waals surface area contributed by atoms with Crippen LogP contribution in [0.15, 0.2) is 60.9 Å². The molecule has 0 unspecified atom stereocenters. The molecule has 3 N–H and O–H groups in total. The maximum atomic E-state index is 12.0. The first kappa shape index (κ1) is 18.7. The van der Waals surface area contributed by atoms with Gasteiger partial charge in [-0.15, -0.1) is 0 Å². The molecule has 0 radical (unpaired) electrons. The summed E-state index contributed by atoms with van der Waals surface area (Å²) in [5.74, 6) is -0.361. The molecule has 0 aliphatic heterocycles. The number of hydrogen-bond donors (Lipinski definition) is 3. The summed E-state index contributed by atoms with van der Waals surface area (Å²) >= 11 is 0. The Balaban J connectivity index is 1.59. The lowest BCUT2D eigenvalue weighted by Gasteiger charge is -2.09. The van der Waals surface area contributed by atoms with Gasteiger partial charge in [0.25, 0.3) is 0 Å². The number of carbonyl (C=O) groups excluding carboxylic acids is 2. The van der Waals surface area contributed by atoms with Crippen LogP contribution >= 0.6 is 0 Å². The predicted octanol–water partition coefficient (Wildman–Crippen LogP) is 2.60. The highest BCUT2D eigenvalue weighted by molar-refractivity contribution is 5.99. The fourth-order valence-electron chi connectivity index (χ4n) is 2.10. The maximum absolute atomic E-state index is 12.0. The van der Waals surface area contributed by atoms with Crippen molar-refractivity contribution in [2.45, 2.75) is 0 Å². The molecule has 0 atom stereocenters. The summed E-state index contributed by atoms with van der Waals surface area (Å²) in [6.45, 7) is 0.